The minimum Gasteiger partial charge on any atom is -0.439 e. The fourth-order valence-corrected chi connectivity index (χ4v) is 2.12. The molecule has 7 heteroatoms. The number of primary sulfonamides is 1. The summed E-state index contributed by atoms with van der Waals surface area (Å²) in [5.41, 5.74) is 1.14. The fraction of sp³-hybridized carbons (Fsp3) is 0.214. The molecule has 1 heterocycles. The lowest BCUT2D eigenvalue weighted by atomic mass is 10.1. The number of aromatic nitrogens is 1. The van der Waals surface area contributed by atoms with Gasteiger partial charge in [0, 0.05) is 13.2 Å². The summed E-state index contributed by atoms with van der Waals surface area (Å²) < 4.78 is 32.8. The lowest BCUT2D eigenvalue weighted by Gasteiger charge is -2.06. The van der Waals surface area contributed by atoms with Crippen LogP contribution in [0.25, 0.3) is 0 Å². The third kappa shape index (κ3) is 4.52. The second-order valence-corrected chi connectivity index (χ2v) is 5.93. The predicted octanol–water partition coefficient (Wildman–Crippen LogP) is 1.71. The van der Waals surface area contributed by atoms with E-state index in [4.69, 9.17) is 14.6 Å². The van der Waals surface area contributed by atoms with Crippen molar-refractivity contribution in [2.45, 2.75) is 11.3 Å². The number of pyridine rings is 1. The van der Waals surface area contributed by atoms with Crippen molar-refractivity contribution < 1.29 is 17.9 Å². The van der Waals surface area contributed by atoms with Gasteiger partial charge in [-0.05, 0) is 30.2 Å². The van der Waals surface area contributed by atoms with Crippen LogP contribution in [0.3, 0.4) is 0 Å². The van der Waals surface area contributed by atoms with Gasteiger partial charge in [-0.3, -0.25) is 0 Å². The van der Waals surface area contributed by atoms with Crippen molar-refractivity contribution in [1.82, 2.24) is 4.98 Å². The van der Waals surface area contributed by atoms with Crippen LogP contribution in [-0.2, 0) is 21.2 Å². The van der Waals surface area contributed by atoms with E-state index in [0.717, 1.165) is 18.2 Å². The van der Waals surface area contributed by atoms with E-state index in [-0.39, 0.29) is 4.90 Å². The average molecular weight is 308 g/mol. The van der Waals surface area contributed by atoms with Crippen molar-refractivity contribution in [3.8, 4) is 11.6 Å². The zero-order valence-corrected chi connectivity index (χ0v) is 12.3. The lowest BCUT2D eigenvalue weighted by molar-refractivity contribution is 0.202. The minimum atomic E-state index is -3.74. The molecule has 0 fully saturated rings. The van der Waals surface area contributed by atoms with Gasteiger partial charge in [-0.15, -0.1) is 0 Å². The second-order valence-electron chi connectivity index (χ2n) is 4.37. The number of ether oxygens (including phenoxy) is 2. The fourth-order valence-electron chi connectivity index (χ4n) is 1.66. The molecular formula is C14H16N2O4S. The maximum atomic E-state index is 11.1. The Morgan fingerprint density at radius 2 is 1.86 bits per heavy atom. The molecule has 112 valence electrons. The van der Waals surface area contributed by atoms with Gasteiger partial charge < -0.3 is 9.47 Å². The van der Waals surface area contributed by atoms with E-state index in [0.29, 0.717) is 18.2 Å². The zero-order valence-electron chi connectivity index (χ0n) is 11.5. The molecule has 2 aromatic rings. The number of sulfonamides is 1. The van der Waals surface area contributed by atoms with E-state index in [1.165, 1.54) is 12.1 Å². The normalized spacial score (nSPS) is 11.3. The molecule has 0 amide bonds. The monoisotopic (exact) mass is 308 g/mol. The molecule has 0 atom stereocenters. The van der Waals surface area contributed by atoms with Crippen molar-refractivity contribution in [2.75, 3.05) is 13.7 Å². The van der Waals surface area contributed by atoms with Crippen molar-refractivity contribution in [3.05, 3.63) is 48.2 Å². The molecule has 0 unspecified atom stereocenters. The first-order valence-corrected chi connectivity index (χ1v) is 7.78. The SMILES string of the molecule is COCCc1ccc(Oc2ccc(S(N)(=O)=O)cn2)cc1. The van der Waals surface area contributed by atoms with Crippen LogP contribution < -0.4 is 9.88 Å². The van der Waals surface area contributed by atoms with E-state index >= 15 is 0 Å². The van der Waals surface area contributed by atoms with Crippen LogP contribution in [0.1, 0.15) is 5.56 Å². The molecule has 1 aromatic carbocycles. The number of nitrogens with zero attached hydrogens (tertiary/aromatic N) is 1. The highest BCUT2D eigenvalue weighted by Gasteiger charge is 2.08. The highest BCUT2D eigenvalue weighted by molar-refractivity contribution is 7.89. The summed E-state index contributed by atoms with van der Waals surface area (Å²) in [6.07, 6.45) is 2.00. The van der Waals surface area contributed by atoms with Gasteiger partial charge in [0.05, 0.1) is 12.8 Å². The first-order valence-electron chi connectivity index (χ1n) is 6.23. The Labute approximate surface area is 123 Å². The number of methoxy groups -OCH3 is 1. The van der Waals surface area contributed by atoms with E-state index in [1.807, 2.05) is 24.3 Å². The molecule has 21 heavy (non-hydrogen) atoms. The van der Waals surface area contributed by atoms with Crippen LogP contribution in [0.2, 0.25) is 0 Å². The van der Waals surface area contributed by atoms with Crippen LogP contribution in [0, 0.1) is 0 Å². The van der Waals surface area contributed by atoms with Crippen LogP contribution in [-0.4, -0.2) is 27.1 Å². The zero-order chi connectivity index (χ0) is 15.3. The highest BCUT2D eigenvalue weighted by Crippen LogP contribution is 2.20. The molecular weight excluding hydrogens is 292 g/mol. The van der Waals surface area contributed by atoms with Gasteiger partial charge >= 0.3 is 0 Å². The molecule has 0 aliphatic carbocycles. The molecule has 6 nitrogen and oxygen atoms in total. The number of hydrogen-bond acceptors (Lipinski definition) is 5. The van der Waals surface area contributed by atoms with Gasteiger partial charge in [0.15, 0.2) is 0 Å². The maximum absolute atomic E-state index is 11.1. The molecule has 0 aliphatic rings. The predicted molar refractivity (Wildman–Crippen MR) is 77.7 cm³/mol. The van der Waals surface area contributed by atoms with E-state index in [2.05, 4.69) is 4.98 Å². The quantitative estimate of drug-likeness (QED) is 0.877. The summed E-state index contributed by atoms with van der Waals surface area (Å²) in [5.74, 6) is 0.916. The van der Waals surface area contributed by atoms with E-state index in [9.17, 15) is 8.42 Å². The van der Waals surface area contributed by atoms with Gasteiger partial charge in [-0.2, -0.15) is 0 Å². The van der Waals surface area contributed by atoms with Crippen LogP contribution in [0.15, 0.2) is 47.5 Å². The Morgan fingerprint density at radius 1 is 1.14 bits per heavy atom. The first-order chi connectivity index (χ1) is 9.99. The Kier molecular flexibility index (Phi) is 4.89. The molecule has 2 rings (SSSR count). The summed E-state index contributed by atoms with van der Waals surface area (Å²) in [4.78, 5) is 3.86. The highest BCUT2D eigenvalue weighted by atomic mass is 32.2. The third-order valence-electron chi connectivity index (χ3n) is 2.78. The summed E-state index contributed by atoms with van der Waals surface area (Å²) >= 11 is 0. The summed E-state index contributed by atoms with van der Waals surface area (Å²) in [6.45, 7) is 0.663. The minimum absolute atomic E-state index is 0.0511. The van der Waals surface area contributed by atoms with Crippen molar-refractivity contribution in [1.29, 1.82) is 0 Å². The summed E-state index contributed by atoms with van der Waals surface area (Å²) in [6, 6.07) is 10.3. The Morgan fingerprint density at radius 3 is 2.38 bits per heavy atom. The Hall–Kier alpha value is -1.96. The molecule has 0 saturated heterocycles. The molecule has 0 radical (unpaired) electrons. The Bertz CT molecular complexity index is 682. The standard InChI is InChI=1S/C14H16N2O4S/c1-19-9-8-11-2-4-12(5-3-11)20-14-7-6-13(10-16-14)21(15,17)18/h2-7,10H,8-9H2,1H3,(H2,15,17,18). The maximum Gasteiger partial charge on any atom is 0.239 e. The van der Waals surface area contributed by atoms with Gasteiger partial charge in [0.1, 0.15) is 10.6 Å². The van der Waals surface area contributed by atoms with E-state index < -0.39 is 10.0 Å². The van der Waals surface area contributed by atoms with Crippen LogP contribution >= 0.6 is 0 Å². The number of rotatable bonds is 6. The largest absolute Gasteiger partial charge is 0.439 e. The molecule has 0 spiro atoms. The summed E-state index contributed by atoms with van der Waals surface area (Å²) in [5, 5.41) is 5.00. The van der Waals surface area contributed by atoms with Crippen molar-refractivity contribution >= 4 is 10.0 Å². The van der Waals surface area contributed by atoms with Gasteiger partial charge in [0.25, 0.3) is 0 Å². The van der Waals surface area contributed by atoms with E-state index in [1.54, 1.807) is 7.11 Å². The molecule has 2 N–H and O–H groups in total. The number of nitrogens with two attached hydrogens (primary N) is 1. The van der Waals surface area contributed by atoms with Gasteiger partial charge in [0.2, 0.25) is 15.9 Å². The molecule has 1 aromatic heterocycles. The number of benzene rings is 1. The topological polar surface area (TPSA) is 91.5 Å². The molecule has 0 bridgehead atoms. The smallest absolute Gasteiger partial charge is 0.239 e. The van der Waals surface area contributed by atoms with Crippen molar-refractivity contribution in [3.63, 3.8) is 0 Å². The average Bonchev–Trinajstić information content (AvgIpc) is 2.46. The van der Waals surface area contributed by atoms with Crippen LogP contribution in [0.4, 0.5) is 0 Å². The third-order valence-corrected chi connectivity index (χ3v) is 3.68. The summed E-state index contributed by atoms with van der Waals surface area (Å²) in [7, 11) is -2.08. The van der Waals surface area contributed by atoms with Crippen LogP contribution in [0.5, 0.6) is 11.6 Å². The van der Waals surface area contributed by atoms with Crippen molar-refractivity contribution in [2.24, 2.45) is 5.14 Å². The molecule has 0 aliphatic heterocycles. The second kappa shape index (κ2) is 6.66. The Balaban J connectivity index is 2.04. The number of hydrogen-bond donors (Lipinski definition) is 1. The first kappa shape index (κ1) is 15.4. The van der Waals surface area contributed by atoms with Gasteiger partial charge in [-0.25, -0.2) is 18.5 Å². The van der Waals surface area contributed by atoms with Gasteiger partial charge in [-0.1, -0.05) is 12.1 Å². The molecule has 0 saturated carbocycles. The lowest BCUT2D eigenvalue weighted by Crippen LogP contribution is -2.12.